The van der Waals surface area contributed by atoms with Crippen LogP contribution in [-0.4, -0.2) is 11.6 Å². The number of hydrogen-bond donors (Lipinski definition) is 0. The summed E-state index contributed by atoms with van der Waals surface area (Å²) in [7, 11) is 0. The monoisotopic (exact) mass is 245 g/mol. The Balaban J connectivity index is 1.68. The fourth-order valence-corrected chi connectivity index (χ4v) is 2.77. The summed E-state index contributed by atoms with van der Waals surface area (Å²) in [6.07, 6.45) is 15.2. The van der Waals surface area contributed by atoms with E-state index in [9.17, 15) is 9.59 Å². The van der Waals surface area contributed by atoms with Crippen LogP contribution in [0.5, 0.6) is 0 Å². The lowest BCUT2D eigenvalue weighted by atomic mass is 9.84. The molecule has 0 aromatic carbocycles. The second-order valence-electron chi connectivity index (χ2n) is 5.29. The molecular formula is C16H21O2. The third kappa shape index (κ3) is 3.94. The van der Waals surface area contributed by atoms with Gasteiger partial charge in [0.2, 0.25) is 0 Å². The molecule has 0 aromatic rings. The molecule has 2 nitrogen and oxygen atoms in total. The maximum atomic E-state index is 12.0. The Bertz CT molecular complexity index is 371. The molecule has 0 aromatic heterocycles. The molecule has 0 saturated heterocycles. The third-order valence-corrected chi connectivity index (χ3v) is 3.83. The lowest BCUT2D eigenvalue weighted by molar-refractivity contribution is -0.123. The Hall–Kier alpha value is -1.18. The zero-order valence-corrected chi connectivity index (χ0v) is 10.9. The van der Waals surface area contributed by atoms with E-state index in [-0.39, 0.29) is 5.78 Å². The van der Waals surface area contributed by atoms with E-state index < -0.39 is 0 Å². The number of allylic oxidation sites excluding steroid dienone is 4. The summed E-state index contributed by atoms with van der Waals surface area (Å²) in [4.78, 5) is 23.2. The minimum Gasteiger partial charge on any atom is -0.299 e. The van der Waals surface area contributed by atoms with Crippen molar-refractivity contribution in [1.29, 1.82) is 0 Å². The molecule has 18 heavy (non-hydrogen) atoms. The minimum atomic E-state index is 0.155. The van der Waals surface area contributed by atoms with Gasteiger partial charge in [0.05, 0.1) is 0 Å². The first-order valence-electron chi connectivity index (χ1n) is 7.02. The highest BCUT2D eigenvalue weighted by atomic mass is 16.1. The van der Waals surface area contributed by atoms with Crippen molar-refractivity contribution in [3.63, 3.8) is 0 Å². The van der Waals surface area contributed by atoms with Gasteiger partial charge in [-0.2, -0.15) is 0 Å². The minimum absolute atomic E-state index is 0.155. The molecule has 1 radical (unpaired) electrons. The second kappa shape index (κ2) is 6.67. The fourth-order valence-electron chi connectivity index (χ4n) is 2.77. The molecule has 0 spiro atoms. The third-order valence-electron chi connectivity index (χ3n) is 3.83. The van der Waals surface area contributed by atoms with E-state index in [1.807, 2.05) is 12.5 Å². The van der Waals surface area contributed by atoms with Crippen LogP contribution in [0.15, 0.2) is 23.8 Å². The predicted octanol–water partition coefficient (Wildman–Crippen LogP) is 3.58. The van der Waals surface area contributed by atoms with Crippen LogP contribution < -0.4 is 0 Å². The summed E-state index contributed by atoms with van der Waals surface area (Å²) in [5, 5.41) is 0. The molecule has 0 atom stereocenters. The van der Waals surface area contributed by atoms with Crippen molar-refractivity contribution in [2.75, 3.05) is 0 Å². The highest BCUT2D eigenvalue weighted by molar-refractivity contribution is 5.93. The average Bonchev–Trinajstić information content (AvgIpc) is 2.40. The van der Waals surface area contributed by atoms with Crippen molar-refractivity contribution in [2.45, 2.75) is 51.4 Å². The van der Waals surface area contributed by atoms with Gasteiger partial charge in [0, 0.05) is 18.8 Å². The smallest absolute Gasteiger partial charge is 0.159 e. The van der Waals surface area contributed by atoms with Gasteiger partial charge < -0.3 is 0 Å². The molecular weight excluding hydrogens is 224 g/mol. The number of carbonyl (C=O) groups is 2. The van der Waals surface area contributed by atoms with Crippen molar-refractivity contribution in [1.82, 2.24) is 0 Å². The summed E-state index contributed by atoms with van der Waals surface area (Å²) < 4.78 is 0. The number of rotatable bonds is 5. The van der Waals surface area contributed by atoms with Gasteiger partial charge >= 0.3 is 0 Å². The van der Waals surface area contributed by atoms with Gasteiger partial charge in [-0.25, -0.2) is 0 Å². The largest absolute Gasteiger partial charge is 0.299 e. The molecule has 1 saturated carbocycles. The summed E-state index contributed by atoms with van der Waals surface area (Å²) in [5.41, 5.74) is 1.05. The molecule has 0 N–H and O–H groups in total. The quantitative estimate of drug-likeness (QED) is 0.742. The van der Waals surface area contributed by atoms with Crippen LogP contribution in [-0.2, 0) is 9.59 Å². The first kappa shape index (κ1) is 13.3. The molecule has 0 amide bonds. The van der Waals surface area contributed by atoms with E-state index in [4.69, 9.17) is 0 Å². The van der Waals surface area contributed by atoms with Gasteiger partial charge in [0.15, 0.2) is 5.78 Å². The van der Waals surface area contributed by atoms with Crippen molar-refractivity contribution in [3.8, 4) is 0 Å². The fraction of sp³-hybridized carbons (Fsp3) is 0.562. The highest BCUT2D eigenvalue weighted by Gasteiger charge is 2.20. The van der Waals surface area contributed by atoms with E-state index in [0.29, 0.717) is 24.5 Å². The first-order valence-corrected chi connectivity index (χ1v) is 7.02. The van der Waals surface area contributed by atoms with Crippen molar-refractivity contribution >= 4 is 11.6 Å². The van der Waals surface area contributed by atoms with E-state index in [1.54, 1.807) is 12.2 Å². The maximum absolute atomic E-state index is 12.0. The zero-order valence-electron chi connectivity index (χ0n) is 10.9. The molecule has 2 aliphatic rings. The summed E-state index contributed by atoms with van der Waals surface area (Å²) in [6.45, 7) is 0. The zero-order chi connectivity index (χ0) is 12.8. The lowest BCUT2D eigenvalue weighted by Crippen LogP contribution is -2.17. The maximum Gasteiger partial charge on any atom is 0.159 e. The predicted molar refractivity (Wildman–Crippen MR) is 72.0 cm³/mol. The molecule has 0 aliphatic heterocycles. The molecule has 2 aliphatic carbocycles. The van der Waals surface area contributed by atoms with E-state index in [2.05, 4.69) is 0 Å². The molecule has 1 fully saturated rings. The van der Waals surface area contributed by atoms with Crippen LogP contribution >= 0.6 is 0 Å². The molecule has 2 rings (SSSR count). The topological polar surface area (TPSA) is 34.1 Å². The Morgan fingerprint density at radius 1 is 1.28 bits per heavy atom. The molecule has 0 bridgehead atoms. The van der Waals surface area contributed by atoms with E-state index in [0.717, 1.165) is 24.8 Å². The number of ketones is 2. The SMILES string of the molecule is O=C1C=CC=C([CH]CCC(=O)C2CCCCC2)C1. The van der Waals surface area contributed by atoms with Gasteiger partial charge in [-0.3, -0.25) is 9.59 Å². The number of carbonyl (C=O) groups excluding carboxylic acids is 2. The van der Waals surface area contributed by atoms with Gasteiger partial charge in [-0.1, -0.05) is 37.0 Å². The van der Waals surface area contributed by atoms with Gasteiger partial charge in [0.25, 0.3) is 0 Å². The molecule has 0 unspecified atom stereocenters. The Morgan fingerprint density at radius 3 is 2.78 bits per heavy atom. The molecule has 2 heteroatoms. The van der Waals surface area contributed by atoms with Crippen molar-refractivity contribution < 1.29 is 9.59 Å². The van der Waals surface area contributed by atoms with Gasteiger partial charge in [-0.15, -0.1) is 0 Å². The summed E-state index contributed by atoms with van der Waals surface area (Å²) in [5.74, 6) is 0.889. The van der Waals surface area contributed by atoms with Crippen LogP contribution in [0.1, 0.15) is 51.4 Å². The average molecular weight is 245 g/mol. The highest BCUT2D eigenvalue weighted by Crippen LogP contribution is 2.26. The Kier molecular flexibility index (Phi) is 4.91. The summed E-state index contributed by atoms with van der Waals surface area (Å²) in [6, 6.07) is 0. The first-order chi connectivity index (χ1) is 8.75. The lowest BCUT2D eigenvalue weighted by Gasteiger charge is -2.20. The molecule has 97 valence electrons. The molecule has 0 heterocycles. The Labute approximate surface area is 109 Å². The number of hydrogen-bond acceptors (Lipinski definition) is 2. The number of Topliss-reactive ketones (excluding diaryl/α,β-unsaturated/α-hetero) is 1. The standard InChI is InChI=1S/C16H21O2/c17-15-10-4-6-13(12-15)7-5-11-16(18)14-8-2-1-3-9-14/h4,6-7,10,14H,1-3,5,8-9,11-12H2. The van der Waals surface area contributed by atoms with E-state index >= 15 is 0 Å². The van der Waals surface area contributed by atoms with Gasteiger partial charge in [0.1, 0.15) is 5.78 Å². The van der Waals surface area contributed by atoms with Crippen LogP contribution in [0, 0.1) is 12.3 Å². The van der Waals surface area contributed by atoms with E-state index in [1.165, 1.54) is 19.3 Å². The van der Waals surface area contributed by atoms with Gasteiger partial charge in [-0.05, 0) is 31.8 Å². The second-order valence-corrected chi connectivity index (χ2v) is 5.29. The van der Waals surface area contributed by atoms with Crippen molar-refractivity contribution in [3.05, 3.63) is 30.2 Å². The normalized spacial score (nSPS) is 20.9. The van der Waals surface area contributed by atoms with Crippen LogP contribution in [0.3, 0.4) is 0 Å². The van der Waals surface area contributed by atoms with Crippen LogP contribution in [0.25, 0.3) is 0 Å². The van der Waals surface area contributed by atoms with Crippen molar-refractivity contribution in [2.24, 2.45) is 5.92 Å². The Morgan fingerprint density at radius 2 is 2.06 bits per heavy atom. The summed E-state index contributed by atoms with van der Waals surface area (Å²) >= 11 is 0. The van der Waals surface area contributed by atoms with Crippen LogP contribution in [0.2, 0.25) is 0 Å². The van der Waals surface area contributed by atoms with Crippen LogP contribution in [0.4, 0.5) is 0 Å².